The van der Waals surface area contributed by atoms with Crippen molar-refractivity contribution in [3.8, 4) is 0 Å². The first kappa shape index (κ1) is 21.8. The zero-order chi connectivity index (χ0) is 13.1. The summed E-state index contributed by atoms with van der Waals surface area (Å²) in [7, 11) is -3.81. The van der Waals surface area contributed by atoms with E-state index in [0.717, 1.165) is 12.8 Å². The molecule has 0 spiro atoms. The fraction of sp³-hybridized carbons (Fsp3) is 1.00. The van der Waals surface area contributed by atoms with Crippen LogP contribution in [0.15, 0.2) is 0 Å². The Hall–Kier alpha value is 1.55. The molecule has 0 aromatic carbocycles. The monoisotopic (exact) mass is 304 g/mol. The molecule has 0 aromatic rings. The van der Waals surface area contributed by atoms with Crippen molar-refractivity contribution in [3.63, 3.8) is 0 Å². The van der Waals surface area contributed by atoms with E-state index in [1.54, 1.807) is 6.92 Å². The van der Waals surface area contributed by atoms with Crippen LogP contribution in [0.2, 0.25) is 0 Å². The third-order valence-corrected chi connectivity index (χ3v) is 4.48. The summed E-state index contributed by atoms with van der Waals surface area (Å²) in [5.74, 6) is 0. The van der Waals surface area contributed by atoms with Gasteiger partial charge in [0.2, 0.25) is 0 Å². The molecule has 0 heterocycles. The minimum absolute atomic E-state index is 0. The molecule has 0 amide bonds. The fourth-order valence-electron chi connectivity index (χ4n) is 1.89. The van der Waals surface area contributed by atoms with Gasteiger partial charge >= 0.3 is 51.4 Å². The van der Waals surface area contributed by atoms with Crippen LogP contribution < -0.4 is 0 Å². The average Bonchev–Trinajstić information content (AvgIpc) is 2.25. The Morgan fingerprint density at radius 2 is 1.28 bits per heavy atom. The van der Waals surface area contributed by atoms with Gasteiger partial charge < -0.3 is 0 Å². The Balaban J connectivity index is 0. The summed E-state index contributed by atoms with van der Waals surface area (Å²) < 4.78 is 30.3. The van der Waals surface area contributed by atoms with E-state index in [0.29, 0.717) is 6.42 Å². The molecule has 0 saturated heterocycles. The molecule has 106 valence electrons. The molecule has 0 aromatic heterocycles. The summed E-state index contributed by atoms with van der Waals surface area (Å²) in [6, 6.07) is 0. The van der Waals surface area contributed by atoms with Crippen LogP contribution in [-0.4, -0.2) is 69.6 Å². The molecule has 0 aliphatic heterocycles. The first-order valence-electron chi connectivity index (χ1n) is 6.94. The van der Waals surface area contributed by atoms with Crippen molar-refractivity contribution in [2.75, 3.05) is 0 Å². The third kappa shape index (κ3) is 14.0. The van der Waals surface area contributed by atoms with Gasteiger partial charge in [-0.3, -0.25) is 4.55 Å². The van der Waals surface area contributed by atoms with Crippen molar-refractivity contribution in [1.82, 2.24) is 0 Å². The van der Waals surface area contributed by atoms with Crippen molar-refractivity contribution < 1.29 is 13.0 Å². The van der Waals surface area contributed by atoms with E-state index >= 15 is 0 Å². The quantitative estimate of drug-likeness (QED) is 0.361. The molecule has 0 rings (SSSR count). The predicted octanol–water partition coefficient (Wildman–Crippen LogP) is 3.54. The maximum absolute atomic E-state index is 10.8. The summed E-state index contributed by atoms with van der Waals surface area (Å²) in [4.78, 5) is 0. The topological polar surface area (TPSA) is 54.4 Å². The second-order valence-corrected chi connectivity index (χ2v) is 6.78. The Kier molecular flexibility index (Phi) is 16.4. The number of rotatable bonds is 11. The van der Waals surface area contributed by atoms with Crippen LogP contribution in [0, 0.1) is 0 Å². The van der Waals surface area contributed by atoms with E-state index in [1.165, 1.54) is 44.9 Å². The Bertz CT molecular complexity index is 265. The fourth-order valence-corrected chi connectivity index (χ4v) is 2.36. The summed E-state index contributed by atoms with van der Waals surface area (Å²) in [6.07, 6.45) is 11.6. The Labute approximate surface area is 156 Å². The second-order valence-electron chi connectivity index (χ2n) is 4.94. The van der Waals surface area contributed by atoms with Crippen LogP contribution >= 0.6 is 0 Å². The van der Waals surface area contributed by atoms with Crippen LogP contribution in [0.4, 0.5) is 0 Å². The maximum atomic E-state index is 10.8. The van der Waals surface area contributed by atoms with Gasteiger partial charge in [-0.1, -0.05) is 64.7 Å². The molecule has 3 nitrogen and oxygen atoms in total. The molecule has 0 aliphatic rings. The van der Waals surface area contributed by atoms with Gasteiger partial charge in [0.1, 0.15) is 0 Å². The molecule has 1 atom stereocenters. The first-order chi connectivity index (χ1) is 7.98. The zero-order valence-corrected chi connectivity index (χ0v) is 12.1. The molecular formula is C13H29KO3S. The summed E-state index contributed by atoms with van der Waals surface area (Å²) in [6.45, 7) is 3.79. The molecular weight excluding hydrogens is 275 g/mol. The van der Waals surface area contributed by atoms with Crippen molar-refractivity contribution >= 4 is 61.5 Å². The SMILES string of the molecule is CCCCCCCCCCCC(C)S(=O)(=O)O.[KH]. The molecule has 0 saturated carbocycles. The van der Waals surface area contributed by atoms with Gasteiger partial charge in [0.25, 0.3) is 10.1 Å². The van der Waals surface area contributed by atoms with E-state index in [-0.39, 0.29) is 51.4 Å². The van der Waals surface area contributed by atoms with E-state index in [9.17, 15) is 8.42 Å². The van der Waals surface area contributed by atoms with E-state index < -0.39 is 15.4 Å². The summed E-state index contributed by atoms with van der Waals surface area (Å²) >= 11 is 0. The zero-order valence-electron chi connectivity index (χ0n) is 11.3. The van der Waals surface area contributed by atoms with Crippen molar-refractivity contribution in [2.24, 2.45) is 0 Å². The number of unbranched alkanes of at least 4 members (excludes halogenated alkanes) is 8. The molecule has 18 heavy (non-hydrogen) atoms. The third-order valence-electron chi connectivity index (χ3n) is 3.22. The van der Waals surface area contributed by atoms with Crippen LogP contribution in [0.25, 0.3) is 0 Å². The summed E-state index contributed by atoms with van der Waals surface area (Å²) in [5, 5.41) is -0.605. The number of hydrogen-bond acceptors (Lipinski definition) is 2. The van der Waals surface area contributed by atoms with Gasteiger partial charge in [0.05, 0.1) is 5.25 Å². The van der Waals surface area contributed by atoms with Crippen LogP contribution in [-0.2, 0) is 10.1 Å². The van der Waals surface area contributed by atoms with Gasteiger partial charge in [-0.25, -0.2) is 0 Å². The molecule has 5 heteroatoms. The van der Waals surface area contributed by atoms with E-state index in [2.05, 4.69) is 6.92 Å². The van der Waals surface area contributed by atoms with Crippen LogP contribution in [0.3, 0.4) is 0 Å². The normalized spacial score (nSPS) is 13.1. The van der Waals surface area contributed by atoms with Crippen molar-refractivity contribution in [3.05, 3.63) is 0 Å². The number of hydrogen-bond donors (Lipinski definition) is 1. The van der Waals surface area contributed by atoms with Crippen LogP contribution in [0.1, 0.15) is 78.1 Å². The van der Waals surface area contributed by atoms with Gasteiger partial charge in [-0.05, 0) is 13.3 Å². The second kappa shape index (κ2) is 13.5. The van der Waals surface area contributed by atoms with Gasteiger partial charge in [0.15, 0.2) is 0 Å². The minimum atomic E-state index is -3.81. The standard InChI is InChI=1S/C13H28O3S.K.H/c1-3-4-5-6-7-8-9-10-11-12-13(2)17(14,15)16;;/h13H,3-12H2,1-2H3,(H,14,15,16);;. The molecule has 1 N–H and O–H groups in total. The predicted molar refractivity (Wildman–Crippen MR) is 80.0 cm³/mol. The Morgan fingerprint density at radius 1 is 0.889 bits per heavy atom. The molecule has 1 unspecified atom stereocenters. The van der Waals surface area contributed by atoms with E-state index in [4.69, 9.17) is 4.55 Å². The van der Waals surface area contributed by atoms with Gasteiger partial charge in [-0.15, -0.1) is 0 Å². The van der Waals surface area contributed by atoms with Crippen molar-refractivity contribution in [2.45, 2.75) is 83.3 Å². The molecule has 0 radical (unpaired) electrons. The molecule has 0 aliphatic carbocycles. The van der Waals surface area contributed by atoms with E-state index in [1.807, 2.05) is 0 Å². The Morgan fingerprint density at radius 3 is 1.67 bits per heavy atom. The molecule has 0 bridgehead atoms. The molecule has 0 fully saturated rings. The average molecular weight is 305 g/mol. The summed E-state index contributed by atoms with van der Waals surface area (Å²) in [5.41, 5.74) is 0. The van der Waals surface area contributed by atoms with Gasteiger partial charge in [-0.2, -0.15) is 8.42 Å². The van der Waals surface area contributed by atoms with Gasteiger partial charge in [0, 0.05) is 0 Å². The van der Waals surface area contributed by atoms with Crippen LogP contribution in [0.5, 0.6) is 0 Å². The van der Waals surface area contributed by atoms with Crippen molar-refractivity contribution in [1.29, 1.82) is 0 Å². The first-order valence-corrected chi connectivity index (χ1v) is 8.45.